The van der Waals surface area contributed by atoms with E-state index in [9.17, 15) is 14.7 Å². The number of rotatable bonds is 14. The van der Waals surface area contributed by atoms with Gasteiger partial charge in [-0.2, -0.15) is 0 Å². The summed E-state index contributed by atoms with van der Waals surface area (Å²) in [7, 11) is 0. The Labute approximate surface area is 221 Å². The van der Waals surface area contributed by atoms with Gasteiger partial charge in [0.15, 0.2) is 6.29 Å². The molecule has 1 aliphatic heterocycles. The van der Waals surface area contributed by atoms with E-state index >= 15 is 0 Å². The number of carbonyl (C=O) groups excluding carboxylic acids is 2. The number of hydrogen-bond acceptors (Lipinski definition) is 7. The second kappa shape index (κ2) is 15.9. The summed E-state index contributed by atoms with van der Waals surface area (Å²) in [5, 5.41) is 9.86. The molecule has 37 heavy (non-hydrogen) atoms. The van der Waals surface area contributed by atoms with Gasteiger partial charge in [-0.1, -0.05) is 56.5 Å². The number of aliphatic hydroxyl groups excluding tert-OH is 1. The van der Waals surface area contributed by atoms with Crippen molar-refractivity contribution >= 4 is 11.9 Å². The van der Waals surface area contributed by atoms with Crippen LogP contribution < -0.4 is 0 Å². The molecule has 6 atom stereocenters. The molecule has 0 radical (unpaired) electrons. The molecule has 2 fully saturated rings. The van der Waals surface area contributed by atoms with Crippen LogP contribution in [0.15, 0.2) is 42.5 Å². The molecule has 1 aliphatic carbocycles. The van der Waals surface area contributed by atoms with Gasteiger partial charge in [-0.15, -0.1) is 0 Å². The topological polar surface area (TPSA) is 91.3 Å². The quantitative estimate of drug-likeness (QED) is 0.199. The molecule has 206 valence electrons. The third-order valence-electron chi connectivity index (χ3n) is 7.39. The SMILES string of the molecule is CCCCC[C@@H](/C=C/[C@H]1[C@H](COC(C)=O)C[C@H](OC(=O)c2ccccc2)[C@@H]1CCO)OC1CCCCO1. The predicted molar refractivity (Wildman–Crippen MR) is 141 cm³/mol. The Kier molecular flexibility index (Phi) is 12.6. The van der Waals surface area contributed by atoms with E-state index in [4.69, 9.17) is 18.9 Å². The fraction of sp³-hybridized carbons (Fsp3) is 0.667. The van der Waals surface area contributed by atoms with Crippen LogP contribution in [0.2, 0.25) is 0 Å². The molecule has 1 saturated heterocycles. The molecule has 7 heteroatoms. The van der Waals surface area contributed by atoms with Crippen LogP contribution in [-0.2, 0) is 23.7 Å². The minimum absolute atomic E-state index is 0.0129. The van der Waals surface area contributed by atoms with Gasteiger partial charge in [-0.25, -0.2) is 4.79 Å². The lowest BCUT2D eigenvalue weighted by molar-refractivity contribution is -0.179. The number of aliphatic hydroxyl groups is 1. The van der Waals surface area contributed by atoms with E-state index in [0.717, 1.165) is 51.6 Å². The molecular formula is C30H44O7. The van der Waals surface area contributed by atoms with Crippen molar-refractivity contribution in [3.63, 3.8) is 0 Å². The van der Waals surface area contributed by atoms with Crippen molar-refractivity contribution in [2.24, 2.45) is 17.8 Å². The molecule has 1 saturated carbocycles. The van der Waals surface area contributed by atoms with Crippen molar-refractivity contribution in [2.75, 3.05) is 19.8 Å². The van der Waals surface area contributed by atoms with Gasteiger partial charge < -0.3 is 24.1 Å². The third kappa shape index (κ3) is 9.55. The Bertz CT molecular complexity index is 834. The zero-order chi connectivity index (χ0) is 26.5. The van der Waals surface area contributed by atoms with Gasteiger partial charge in [0.2, 0.25) is 0 Å². The summed E-state index contributed by atoms with van der Waals surface area (Å²) in [4.78, 5) is 24.4. The van der Waals surface area contributed by atoms with Crippen molar-refractivity contribution in [3.8, 4) is 0 Å². The van der Waals surface area contributed by atoms with Gasteiger partial charge >= 0.3 is 11.9 Å². The number of unbranched alkanes of at least 4 members (excludes halogenated alkanes) is 2. The van der Waals surface area contributed by atoms with Crippen LogP contribution in [0.25, 0.3) is 0 Å². The van der Waals surface area contributed by atoms with Crippen molar-refractivity contribution in [3.05, 3.63) is 48.0 Å². The number of carbonyl (C=O) groups is 2. The van der Waals surface area contributed by atoms with Crippen molar-refractivity contribution < 1.29 is 33.6 Å². The zero-order valence-electron chi connectivity index (χ0n) is 22.4. The smallest absolute Gasteiger partial charge is 0.338 e. The molecule has 0 aromatic heterocycles. The first-order chi connectivity index (χ1) is 18.0. The van der Waals surface area contributed by atoms with Gasteiger partial charge in [0, 0.05) is 32.0 Å². The lowest BCUT2D eigenvalue weighted by Crippen LogP contribution is -2.28. The first-order valence-electron chi connectivity index (χ1n) is 14.0. The Morgan fingerprint density at radius 2 is 2.00 bits per heavy atom. The average Bonchev–Trinajstić information content (AvgIpc) is 3.23. The van der Waals surface area contributed by atoms with Crippen molar-refractivity contribution in [2.45, 2.75) is 90.1 Å². The second-order valence-electron chi connectivity index (χ2n) is 10.2. The van der Waals surface area contributed by atoms with Crippen LogP contribution in [0, 0.1) is 17.8 Å². The largest absolute Gasteiger partial charge is 0.466 e. The molecule has 1 aromatic rings. The molecule has 2 aliphatic rings. The predicted octanol–water partition coefficient (Wildman–Crippen LogP) is 5.46. The minimum atomic E-state index is -0.379. The Morgan fingerprint density at radius 3 is 2.68 bits per heavy atom. The van der Waals surface area contributed by atoms with Crippen LogP contribution in [0.4, 0.5) is 0 Å². The Balaban J connectivity index is 1.77. The summed E-state index contributed by atoms with van der Waals surface area (Å²) in [5.41, 5.74) is 0.498. The van der Waals surface area contributed by atoms with Crippen LogP contribution in [0.5, 0.6) is 0 Å². The summed E-state index contributed by atoms with van der Waals surface area (Å²) >= 11 is 0. The number of hydrogen-bond donors (Lipinski definition) is 1. The molecule has 1 unspecified atom stereocenters. The molecule has 7 nitrogen and oxygen atoms in total. The number of benzene rings is 1. The summed E-state index contributed by atoms with van der Waals surface area (Å²) in [6.07, 6.45) is 12.0. The van der Waals surface area contributed by atoms with Crippen LogP contribution in [0.1, 0.15) is 82.0 Å². The number of ether oxygens (including phenoxy) is 4. The number of allylic oxidation sites excluding steroid dienone is 1. The first-order valence-corrected chi connectivity index (χ1v) is 14.0. The molecule has 1 aromatic carbocycles. The van der Waals surface area contributed by atoms with Crippen LogP contribution in [0.3, 0.4) is 0 Å². The summed E-state index contributed by atoms with van der Waals surface area (Å²) in [6, 6.07) is 8.93. The molecule has 0 amide bonds. The van der Waals surface area contributed by atoms with Crippen LogP contribution in [-0.4, -0.2) is 55.4 Å². The maximum Gasteiger partial charge on any atom is 0.338 e. The van der Waals surface area contributed by atoms with Gasteiger partial charge in [-0.05, 0) is 56.6 Å². The monoisotopic (exact) mass is 516 g/mol. The van der Waals surface area contributed by atoms with Gasteiger partial charge in [0.25, 0.3) is 0 Å². The van der Waals surface area contributed by atoms with E-state index in [-0.39, 0.29) is 61.4 Å². The van der Waals surface area contributed by atoms with Gasteiger partial charge in [0.05, 0.1) is 18.3 Å². The molecule has 1 N–H and O–H groups in total. The Morgan fingerprint density at radius 1 is 1.19 bits per heavy atom. The van der Waals surface area contributed by atoms with E-state index < -0.39 is 0 Å². The Hall–Kier alpha value is -2.22. The average molecular weight is 517 g/mol. The number of esters is 2. The molecule has 0 bridgehead atoms. The third-order valence-corrected chi connectivity index (χ3v) is 7.39. The highest BCUT2D eigenvalue weighted by Gasteiger charge is 2.44. The van der Waals surface area contributed by atoms with Crippen molar-refractivity contribution in [1.29, 1.82) is 0 Å². The van der Waals surface area contributed by atoms with Gasteiger partial charge in [-0.3, -0.25) is 4.79 Å². The van der Waals surface area contributed by atoms with E-state index in [1.165, 1.54) is 6.92 Å². The minimum Gasteiger partial charge on any atom is -0.466 e. The zero-order valence-corrected chi connectivity index (χ0v) is 22.4. The lowest BCUT2D eigenvalue weighted by Gasteiger charge is -2.28. The van der Waals surface area contributed by atoms with E-state index in [2.05, 4.69) is 19.1 Å². The summed E-state index contributed by atoms with van der Waals surface area (Å²) in [6.45, 7) is 4.56. The molecular weight excluding hydrogens is 472 g/mol. The lowest BCUT2D eigenvalue weighted by atomic mass is 9.86. The normalized spacial score (nSPS) is 26.7. The highest BCUT2D eigenvalue weighted by atomic mass is 16.7. The fourth-order valence-corrected chi connectivity index (χ4v) is 5.44. The first kappa shape index (κ1) is 29.3. The fourth-order valence-electron chi connectivity index (χ4n) is 5.44. The van der Waals surface area contributed by atoms with E-state index in [1.54, 1.807) is 24.3 Å². The van der Waals surface area contributed by atoms with E-state index in [1.807, 2.05) is 6.07 Å². The molecule has 1 heterocycles. The van der Waals surface area contributed by atoms with Crippen molar-refractivity contribution in [1.82, 2.24) is 0 Å². The summed E-state index contributed by atoms with van der Waals surface area (Å²) < 4.78 is 23.5. The maximum absolute atomic E-state index is 12.8. The van der Waals surface area contributed by atoms with Crippen LogP contribution >= 0.6 is 0 Å². The molecule has 3 rings (SSSR count). The maximum atomic E-state index is 12.8. The highest BCUT2D eigenvalue weighted by molar-refractivity contribution is 5.89. The van der Waals surface area contributed by atoms with Gasteiger partial charge in [0.1, 0.15) is 6.10 Å². The highest BCUT2D eigenvalue weighted by Crippen LogP contribution is 2.42. The second-order valence-corrected chi connectivity index (χ2v) is 10.2. The van der Waals surface area contributed by atoms with E-state index in [0.29, 0.717) is 18.4 Å². The standard InChI is InChI=1S/C30H44O7/c1-3-4-6-13-25(36-29-14-9-10-19-34-29)15-16-26-24(21-35-22(2)32)20-28(27(26)17-18-31)37-30(33)23-11-7-5-8-12-23/h5,7-8,11-12,15-16,24-29,31H,3-4,6,9-10,13-14,17-21H2,1-2H3/b16-15+/t24-,25-,26-,27+,28-,29?/m0/s1. The summed E-state index contributed by atoms with van der Waals surface area (Å²) in [5.74, 6) is -0.838. The molecule has 0 spiro atoms.